The van der Waals surface area contributed by atoms with Crippen molar-refractivity contribution in [2.45, 2.75) is 37.5 Å². The summed E-state index contributed by atoms with van der Waals surface area (Å²) in [7, 11) is 0. The van der Waals surface area contributed by atoms with Gasteiger partial charge in [-0.3, -0.25) is 4.99 Å². The summed E-state index contributed by atoms with van der Waals surface area (Å²) in [5.74, 6) is 1.23. The highest BCUT2D eigenvalue weighted by molar-refractivity contribution is 5.78. The van der Waals surface area contributed by atoms with Gasteiger partial charge in [-0.15, -0.1) is 0 Å². The van der Waals surface area contributed by atoms with Gasteiger partial charge in [0.1, 0.15) is 11.4 Å². The molecule has 0 aromatic heterocycles. The fourth-order valence-corrected chi connectivity index (χ4v) is 2.92. The lowest BCUT2D eigenvalue weighted by atomic mass is 9.97. The van der Waals surface area contributed by atoms with E-state index in [0.29, 0.717) is 25.6 Å². The second-order valence-corrected chi connectivity index (χ2v) is 5.94. The van der Waals surface area contributed by atoms with Gasteiger partial charge in [0.25, 0.3) is 0 Å². The first kappa shape index (κ1) is 15.1. The summed E-state index contributed by atoms with van der Waals surface area (Å²) in [6, 6.07) is 8.00. The Kier molecular flexibility index (Phi) is 4.22. The van der Waals surface area contributed by atoms with Crippen molar-refractivity contribution in [3.05, 3.63) is 29.8 Å². The summed E-state index contributed by atoms with van der Waals surface area (Å²) >= 11 is 0. The van der Waals surface area contributed by atoms with Gasteiger partial charge in [-0.25, -0.2) is 0 Å². The smallest absolute Gasteiger partial charge is 0.189 e. The first-order valence-electron chi connectivity index (χ1n) is 7.71. The van der Waals surface area contributed by atoms with E-state index in [9.17, 15) is 5.11 Å². The van der Waals surface area contributed by atoms with E-state index in [2.05, 4.69) is 10.3 Å². The van der Waals surface area contributed by atoms with Crippen LogP contribution in [-0.4, -0.2) is 42.5 Å². The predicted octanol–water partition coefficient (Wildman–Crippen LogP) is 0.954. The third-order valence-electron chi connectivity index (χ3n) is 4.46. The van der Waals surface area contributed by atoms with E-state index in [1.807, 2.05) is 31.2 Å². The lowest BCUT2D eigenvalue weighted by Gasteiger charge is -2.28. The summed E-state index contributed by atoms with van der Waals surface area (Å²) in [5, 5.41) is 13.7. The molecule has 1 fully saturated rings. The molecule has 3 atom stereocenters. The molecule has 0 saturated carbocycles. The number of rotatable bonds is 3. The molecule has 2 aliphatic rings. The number of fused-ring (bicyclic) bond motifs is 1. The second-order valence-electron chi connectivity index (χ2n) is 5.94. The van der Waals surface area contributed by atoms with E-state index >= 15 is 0 Å². The Morgan fingerprint density at radius 3 is 3.05 bits per heavy atom. The monoisotopic (exact) mass is 305 g/mol. The average molecular weight is 305 g/mol. The number of ether oxygens (including phenoxy) is 2. The molecule has 4 N–H and O–H groups in total. The molecule has 0 radical (unpaired) electrons. The molecule has 0 amide bonds. The van der Waals surface area contributed by atoms with E-state index in [0.717, 1.165) is 17.7 Å². The lowest BCUT2D eigenvalue weighted by molar-refractivity contribution is -0.0201. The Hall–Kier alpha value is -1.79. The highest BCUT2D eigenvalue weighted by Gasteiger charge is 2.39. The summed E-state index contributed by atoms with van der Waals surface area (Å²) in [6.45, 7) is 3.32. The van der Waals surface area contributed by atoms with Crippen molar-refractivity contribution in [1.29, 1.82) is 0 Å². The van der Waals surface area contributed by atoms with Crippen molar-refractivity contribution in [3.8, 4) is 5.75 Å². The zero-order valence-corrected chi connectivity index (χ0v) is 12.8. The average Bonchev–Trinajstić information content (AvgIpc) is 2.86. The molecule has 0 spiro atoms. The van der Waals surface area contributed by atoms with Crippen molar-refractivity contribution < 1.29 is 14.6 Å². The van der Waals surface area contributed by atoms with Gasteiger partial charge in [0.2, 0.25) is 0 Å². The fraction of sp³-hybridized carbons (Fsp3) is 0.562. The van der Waals surface area contributed by atoms with E-state index in [4.69, 9.17) is 15.2 Å². The van der Waals surface area contributed by atoms with E-state index < -0.39 is 5.60 Å². The number of benzene rings is 1. The summed E-state index contributed by atoms with van der Waals surface area (Å²) < 4.78 is 11.0. The molecule has 22 heavy (non-hydrogen) atoms. The number of nitrogens with two attached hydrogens (primary N) is 1. The number of hydrogen-bond donors (Lipinski definition) is 3. The van der Waals surface area contributed by atoms with E-state index in [-0.39, 0.29) is 18.7 Å². The van der Waals surface area contributed by atoms with Crippen LogP contribution in [0.5, 0.6) is 5.75 Å². The van der Waals surface area contributed by atoms with Crippen molar-refractivity contribution >= 4 is 5.96 Å². The Morgan fingerprint density at radius 1 is 1.45 bits per heavy atom. The van der Waals surface area contributed by atoms with Gasteiger partial charge < -0.3 is 25.6 Å². The predicted molar refractivity (Wildman–Crippen MR) is 83.9 cm³/mol. The molecule has 1 saturated heterocycles. The maximum atomic E-state index is 10.4. The van der Waals surface area contributed by atoms with Crippen molar-refractivity contribution in [1.82, 2.24) is 5.32 Å². The van der Waals surface area contributed by atoms with Crippen LogP contribution in [0.1, 0.15) is 31.4 Å². The van der Waals surface area contributed by atoms with Crippen LogP contribution in [-0.2, 0) is 4.74 Å². The molecule has 1 aromatic carbocycles. The van der Waals surface area contributed by atoms with Crippen molar-refractivity contribution in [2.24, 2.45) is 10.7 Å². The maximum Gasteiger partial charge on any atom is 0.189 e. The number of aliphatic hydroxyl groups is 1. The molecule has 6 nitrogen and oxygen atoms in total. The van der Waals surface area contributed by atoms with Crippen LogP contribution in [0.25, 0.3) is 0 Å². The summed E-state index contributed by atoms with van der Waals surface area (Å²) in [4.78, 5) is 4.31. The summed E-state index contributed by atoms with van der Waals surface area (Å²) in [6.07, 6.45) is 1.20. The first-order chi connectivity index (χ1) is 10.6. The number of hydrogen-bond acceptors (Lipinski definition) is 4. The van der Waals surface area contributed by atoms with Gasteiger partial charge in [-0.1, -0.05) is 18.2 Å². The highest BCUT2D eigenvalue weighted by atomic mass is 16.5. The Morgan fingerprint density at radius 2 is 2.27 bits per heavy atom. The minimum atomic E-state index is -0.917. The zero-order chi connectivity index (χ0) is 15.6. The number of nitrogens with zero attached hydrogens (tertiary/aromatic N) is 1. The molecule has 2 heterocycles. The van der Waals surface area contributed by atoms with E-state index in [1.54, 1.807) is 0 Å². The van der Waals surface area contributed by atoms with Crippen molar-refractivity contribution in [2.75, 3.05) is 19.8 Å². The third-order valence-corrected chi connectivity index (χ3v) is 4.46. The zero-order valence-electron chi connectivity index (χ0n) is 12.8. The molecule has 2 aliphatic heterocycles. The van der Waals surface area contributed by atoms with E-state index in [1.165, 1.54) is 0 Å². The van der Waals surface area contributed by atoms with Gasteiger partial charge in [0.05, 0.1) is 25.3 Å². The van der Waals surface area contributed by atoms with Gasteiger partial charge in [0.15, 0.2) is 5.96 Å². The van der Waals surface area contributed by atoms with Crippen LogP contribution in [0.4, 0.5) is 0 Å². The molecule has 1 aromatic rings. The fourth-order valence-electron chi connectivity index (χ4n) is 2.92. The number of para-hydroxylation sites is 1. The molecule has 6 heteroatoms. The summed E-state index contributed by atoms with van der Waals surface area (Å²) in [5.41, 5.74) is 6.16. The third kappa shape index (κ3) is 3.03. The molecule has 0 aliphatic carbocycles. The quantitative estimate of drug-likeness (QED) is 0.571. The van der Waals surface area contributed by atoms with Crippen LogP contribution in [0.3, 0.4) is 0 Å². The van der Waals surface area contributed by atoms with Gasteiger partial charge >= 0.3 is 0 Å². The maximum absolute atomic E-state index is 10.4. The minimum absolute atomic E-state index is 0.0839. The van der Waals surface area contributed by atoms with Crippen LogP contribution in [0.2, 0.25) is 0 Å². The normalized spacial score (nSPS) is 31.5. The molecule has 3 unspecified atom stereocenters. The molecular weight excluding hydrogens is 282 g/mol. The SMILES string of the molecule is CC1OCCC1(O)CN=C(N)NC1CCOc2ccccc21. The topological polar surface area (TPSA) is 89.1 Å². The largest absolute Gasteiger partial charge is 0.493 e. The Bertz CT molecular complexity index is 563. The molecular formula is C16H23N3O3. The molecule has 120 valence electrons. The minimum Gasteiger partial charge on any atom is -0.493 e. The van der Waals surface area contributed by atoms with Crippen LogP contribution in [0, 0.1) is 0 Å². The molecule has 3 rings (SSSR count). The van der Waals surface area contributed by atoms with Gasteiger partial charge in [-0.2, -0.15) is 0 Å². The number of aliphatic imine (C=N–C) groups is 1. The Labute approximate surface area is 130 Å². The van der Waals surface area contributed by atoms with Crippen LogP contribution >= 0.6 is 0 Å². The first-order valence-corrected chi connectivity index (χ1v) is 7.71. The molecule has 0 bridgehead atoms. The Balaban J connectivity index is 1.65. The highest BCUT2D eigenvalue weighted by Crippen LogP contribution is 2.31. The van der Waals surface area contributed by atoms with Crippen molar-refractivity contribution in [3.63, 3.8) is 0 Å². The number of nitrogens with one attached hydrogen (secondary N) is 1. The van der Waals surface area contributed by atoms with Crippen LogP contribution in [0.15, 0.2) is 29.3 Å². The number of guanidine groups is 1. The van der Waals surface area contributed by atoms with Gasteiger partial charge in [-0.05, 0) is 13.0 Å². The van der Waals surface area contributed by atoms with Gasteiger partial charge in [0, 0.05) is 25.0 Å². The second kappa shape index (κ2) is 6.14. The van der Waals surface area contributed by atoms with Crippen LogP contribution < -0.4 is 15.8 Å². The lowest BCUT2D eigenvalue weighted by Crippen LogP contribution is -2.42. The standard InChI is InChI=1S/C16H23N3O3/c1-11-16(20,7-9-21-11)10-18-15(17)19-13-6-8-22-14-5-3-2-4-12(13)14/h2-5,11,13,20H,6-10H2,1H3,(H3,17,18,19).